The third-order valence-corrected chi connectivity index (χ3v) is 1.63. The van der Waals surface area contributed by atoms with E-state index in [4.69, 9.17) is 10.6 Å². The molecular formula is C9H9N5O2. The number of aromatic nitrogens is 2. The van der Waals surface area contributed by atoms with Crippen molar-refractivity contribution >= 4 is 12.0 Å². The van der Waals surface area contributed by atoms with E-state index in [0.29, 0.717) is 18.5 Å². The summed E-state index contributed by atoms with van der Waals surface area (Å²) in [4.78, 5) is 20.4. The quantitative estimate of drug-likeness (QED) is 0.352. The van der Waals surface area contributed by atoms with Gasteiger partial charge in [0.25, 0.3) is 0 Å². The van der Waals surface area contributed by atoms with Gasteiger partial charge in [-0.25, -0.2) is 14.8 Å². The van der Waals surface area contributed by atoms with Crippen LogP contribution in [0.15, 0.2) is 23.6 Å². The van der Waals surface area contributed by atoms with E-state index >= 15 is 0 Å². The van der Waals surface area contributed by atoms with E-state index in [2.05, 4.69) is 20.0 Å². The molecule has 0 aromatic carbocycles. The second-order valence-corrected chi connectivity index (χ2v) is 2.79. The van der Waals surface area contributed by atoms with Crippen LogP contribution < -0.4 is 0 Å². The van der Waals surface area contributed by atoms with Gasteiger partial charge in [0.1, 0.15) is 0 Å². The van der Waals surface area contributed by atoms with Crippen LogP contribution in [-0.2, 0) is 0 Å². The summed E-state index contributed by atoms with van der Waals surface area (Å²) in [5.41, 5.74) is 8.72. The van der Waals surface area contributed by atoms with Crippen molar-refractivity contribution in [3.63, 3.8) is 0 Å². The Hall–Kier alpha value is -2.40. The molecule has 7 nitrogen and oxygen atoms in total. The first kappa shape index (κ1) is 11.7. The van der Waals surface area contributed by atoms with Gasteiger partial charge in [0.15, 0.2) is 0 Å². The van der Waals surface area contributed by atoms with E-state index in [9.17, 15) is 4.79 Å². The fourth-order valence-corrected chi connectivity index (χ4v) is 0.931. The summed E-state index contributed by atoms with van der Waals surface area (Å²) in [5.74, 6) is -1.38. The molecule has 0 spiro atoms. The van der Waals surface area contributed by atoms with Crippen molar-refractivity contribution in [3.8, 4) is 0 Å². The van der Waals surface area contributed by atoms with Gasteiger partial charge in [0.05, 0.1) is 0 Å². The van der Waals surface area contributed by atoms with Crippen molar-refractivity contribution < 1.29 is 9.90 Å². The molecule has 0 saturated heterocycles. The van der Waals surface area contributed by atoms with Crippen molar-refractivity contribution in [1.29, 1.82) is 0 Å². The number of carboxylic acids is 1. The van der Waals surface area contributed by atoms with Crippen LogP contribution in [0.4, 0.5) is 0 Å². The summed E-state index contributed by atoms with van der Waals surface area (Å²) < 4.78 is 0. The topological polar surface area (TPSA) is 112 Å². The van der Waals surface area contributed by atoms with Crippen LogP contribution in [0.2, 0.25) is 0 Å². The fourth-order valence-electron chi connectivity index (χ4n) is 0.931. The Bertz CT molecular complexity index is 434. The van der Waals surface area contributed by atoms with Crippen molar-refractivity contribution in [2.24, 2.45) is 5.11 Å². The minimum absolute atomic E-state index is 0.230. The van der Waals surface area contributed by atoms with Gasteiger partial charge in [-0.2, -0.15) is 0 Å². The lowest BCUT2D eigenvalue weighted by molar-refractivity contribution is 0.0683. The van der Waals surface area contributed by atoms with E-state index in [1.54, 1.807) is 12.2 Å². The van der Waals surface area contributed by atoms with Crippen LogP contribution in [-0.4, -0.2) is 27.6 Å². The molecule has 0 radical (unpaired) electrons. The predicted molar refractivity (Wildman–Crippen MR) is 56.7 cm³/mol. The number of hydrogen-bond donors (Lipinski definition) is 1. The van der Waals surface area contributed by atoms with Gasteiger partial charge in [0, 0.05) is 29.4 Å². The average molecular weight is 219 g/mol. The number of hydrogen-bond acceptors (Lipinski definition) is 4. The number of azide groups is 1. The predicted octanol–water partition coefficient (Wildman–Crippen LogP) is 1.89. The van der Waals surface area contributed by atoms with E-state index < -0.39 is 5.97 Å². The highest BCUT2D eigenvalue weighted by Crippen LogP contribution is 2.00. The van der Waals surface area contributed by atoms with E-state index in [-0.39, 0.29) is 5.82 Å². The fraction of sp³-hybridized carbons (Fsp3) is 0.222. The Kier molecular flexibility index (Phi) is 4.49. The molecular weight excluding hydrogens is 210 g/mol. The van der Waals surface area contributed by atoms with E-state index in [1.807, 2.05) is 0 Å². The molecule has 0 saturated carbocycles. The van der Waals surface area contributed by atoms with Crippen molar-refractivity contribution in [1.82, 2.24) is 9.97 Å². The second kappa shape index (κ2) is 6.15. The molecule has 1 aromatic heterocycles. The Labute approximate surface area is 91.1 Å². The summed E-state index contributed by atoms with van der Waals surface area (Å²) in [6, 6.07) is 0. The molecule has 1 heterocycles. The third-order valence-electron chi connectivity index (χ3n) is 1.63. The van der Waals surface area contributed by atoms with E-state index in [1.165, 1.54) is 12.4 Å². The van der Waals surface area contributed by atoms with Crippen LogP contribution in [0.1, 0.15) is 22.6 Å². The zero-order chi connectivity index (χ0) is 11.8. The number of carboxylic acid groups (broad SMARTS) is 1. The average Bonchev–Trinajstić information content (AvgIpc) is 2.29. The monoisotopic (exact) mass is 219 g/mol. The largest absolute Gasteiger partial charge is 0.475 e. The van der Waals surface area contributed by atoms with Crippen LogP contribution in [0, 0.1) is 0 Å². The molecule has 1 N–H and O–H groups in total. The van der Waals surface area contributed by atoms with Gasteiger partial charge in [0.2, 0.25) is 5.82 Å². The van der Waals surface area contributed by atoms with Crippen LogP contribution in [0.25, 0.3) is 16.5 Å². The maximum atomic E-state index is 10.5. The molecule has 0 aliphatic heterocycles. The number of nitrogens with zero attached hydrogens (tertiary/aromatic N) is 5. The minimum Gasteiger partial charge on any atom is -0.475 e. The lowest BCUT2D eigenvalue weighted by Gasteiger charge is -1.93. The van der Waals surface area contributed by atoms with Gasteiger partial charge in [-0.3, -0.25) is 0 Å². The smallest absolute Gasteiger partial charge is 0.373 e. The summed E-state index contributed by atoms with van der Waals surface area (Å²) in [6.45, 7) is 0.390. The second-order valence-electron chi connectivity index (χ2n) is 2.79. The standard InChI is InChI=1S/C9H9N5O2/c10-14-13-4-2-1-3-7-5-11-8(9(15)16)12-6-7/h1,3,5-6H,2,4H2,(H,15,16). The van der Waals surface area contributed by atoms with Crippen LogP contribution >= 0.6 is 0 Å². The minimum atomic E-state index is -1.15. The molecule has 0 aliphatic carbocycles. The Balaban J connectivity index is 2.54. The third kappa shape index (κ3) is 3.77. The SMILES string of the molecule is [N-]=[N+]=NCCC=Cc1cnc(C(=O)O)nc1. The highest BCUT2D eigenvalue weighted by Gasteiger charge is 2.03. The molecule has 82 valence electrons. The van der Waals surface area contributed by atoms with Gasteiger partial charge >= 0.3 is 5.97 Å². The lowest BCUT2D eigenvalue weighted by Crippen LogP contribution is -2.02. The summed E-state index contributed by atoms with van der Waals surface area (Å²) in [5, 5.41) is 11.9. The number of aromatic carboxylic acids is 1. The van der Waals surface area contributed by atoms with Gasteiger partial charge < -0.3 is 5.11 Å². The highest BCUT2D eigenvalue weighted by atomic mass is 16.4. The molecule has 0 bridgehead atoms. The Morgan fingerprint density at radius 1 is 1.56 bits per heavy atom. The first-order valence-corrected chi connectivity index (χ1v) is 4.47. The molecule has 0 aliphatic rings. The van der Waals surface area contributed by atoms with Crippen LogP contribution in [0.5, 0.6) is 0 Å². The zero-order valence-corrected chi connectivity index (χ0v) is 8.32. The number of carbonyl (C=O) groups is 1. The van der Waals surface area contributed by atoms with Gasteiger partial charge in [-0.05, 0) is 12.0 Å². The highest BCUT2D eigenvalue weighted by molar-refractivity contribution is 5.82. The molecule has 1 aromatic rings. The molecule has 0 amide bonds. The maximum Gasteiger partial charge on any atom is 0.373 e. The molecule has 0 unspecified atom stereocenters. The first-order valence-electron chi connectivity index (χ1n) is 4.47. The molecule has 7 heteroatoms. The van der Waals surface area contributed by atoms with Crippen molar-refractivity contribution in [2.45, 2.75) is 6.42 Å². The Morgan fingerprint density at radius 2 is 2.25 bits per heavy atom. The summed E-state index contributed by atoms with van der Waals surface area (Å²) >= 11 is 0. The molecule has 16 heavy (non-hydrogen) atoms. The van der Waals surface area contributed by atoms with Crippen molar-refractivity contribution in [2.75, 3.05) is 6.54 Å². The van der Waals surface area contributed by atoms with Gasteiger partial charge in [-0.15, -0.1) is 0 Å². The summed E-state index contributed by atoms with van der Waals surface area (Å²) in [7, 11) is 0. The lowest BCUT2D eigenvalue weighted by atomic mass is 10.3. The maximum absolute atomic E-state index is 10.5. The summed E-state index contributed by atoms with van der Waals surface area (Å²) in [6.07, 6.45) is 6.98. The zero-order valence-electron chi connectivity index (χ0n) is 8.32. The normalized spacial score (nSPS) is 10.0. The van der Waals surface area contributed by atoms with Gasteiger partial charge in [-0.1, -0.05) is 17.3 Å². The Morgan fingerprint density at radius 3 is 2.81 bits per heavy atom. The molecule has 1 rings (SSSR count). The first-order chi connectivity index (χ1) is 7.74. The number of rotatable bonds is 5. The van der Waals surface area contributed by atoms with Crippen LogP contribution in [0.3, 0.4) is 0 Å². The van der Waals surface area contributed by atoms with E-state index in [0.717, 1.165) is 0 Å². The molecule has 0 fully saturated rings. The molecule has 0 atom stereocenters. The van der Waals surface area contributed by atoms with Crippen molar-refractivity contribution in [3.05, 3.63) is 40.3 Å².